The van der Waals surface area contributed by atoms with Crippen molar-refractivity contribution in [2.45, 2.75) is 19.6 Å². The van der Waals surface area contributed by atoms with E-state index in [0.29, 0.717) is 9.76 Å². The smallest absolute Gasteiger partial charge is 0.257 e. The average molecular weight is 220 g/mol. The van der Waals surface area contributed by atoms with Gasteiger partial charge in [0.05, 0.1) is 0 Å². The van der Waals surface area contributed by atoms with E-state index in [-0.39, 0.29) is 0 Å². The first kappa shape index (κ1) is 11.4. The second-order valence-electron chi connectivity index (χ2n) is 4.11. The summed E-state index contributed by atoms with van der Waals surface area (Å²) in [5.74, 6) is 0. The molecule has 2 radical (unpaired) electrons. The molecule has 1 aromatic carbocycles. The van der Waals surface area contributed by atoms with Gasteiger partial charge in [0.1, 0.15) is 0 Å². The van der Waals surface area contributed by atoms with Crippen LogP contribution in [0.25, 0.3) is 6.08 Å². The summed E-state index contributed by atoms with van der Waals surface area (Å²) in [6.45, 7) is 10.4. The van der Waals surface area contributed by atoms with Gasteiger partial charge in [-0.2, -0.15) is 0 Å². The summed E-state index contributed by atoms with van der Waals surface area (Å²) in [5, 5.41) is 1.25. The lowest BCUT2D eigenvalue weighted by Gasteiger charge is -2.17. The van der Waals surface area contributed by atoms with Crippen molar-refractivity contribution in [3.05, 3.63) is 36.4 Å². The largest absolute Gasteiger partial charge is 0.453 e. The number of benzene rings is 1. The molecule has 0 atom stereocenters. The predicted octanol–water partition coefficient (Wildman–Crippen LogP) is 2.43. The highest BCUT2D eigenvalue weighted by Gasteiger charge is 2.15. The molecule has 0 saturated carbocycles. The molecule has 0 amide bonds. The molecule has 1 aromatic rings. The van der Waals surface area contributed by atoms with E-state index in [1.807, 2.05) is 18.2 Å². The Morgan fingerprint density at radius 3 is 2.50 bits per heavy atom. The van der Waals surface area contributed by atoms with E-state index in [4.69, 9.17) is 4.12 Å². The molecule has 0 aromatic heterocycles. The summed E-state index contributed by atoms with van der Waals surface area (Å²) >= 11 is 0. The lowest BCUT2D eigenvalue weighted by atomic mass is 10.2. The van der Waals surface area contributed by atoms with Gasteiger partial charge in [0.15, 0.2) is 8.32 Å². The first-order valence-corrected chi connectivity index (χ1v) is 9.00. The molecule has 0 heterocycles. The van der Waals surface area contributed by atoms with Crippen molar-refractivity contribution in [2.75, 3.05) is 0 Å². The first-order chi connectivity index (χ1) is 6.53. The van der Waals surface area contributed by atoms with Crippen LogP contribution in [0.4, 0.5) is 0 Å². The molecule has 1 nitrogen and oxygen atoms in total. The molecule has 0 N–H and O–H groups in total. The zero-order valence-electron chi connectivity index (χ0n) is 9.00. The van der Waals surface area contributed by atoms with Crippen molar-refractivity contribution in [2.24, 2.45) is 0 Å². The highest BCUT2D eigenvalue weighted by molar-refractivity contribution is 6.76. The van der Waals surface area contributed by atoms with Crippen molar-refractivity contribution in [3.8, 4) is 0 Å². The van der Waals surface area contributed by atoms with Gasteiger partial charge in [-0.3, -0.25) is 0 Å². The van der Waals surface area contributed by atoms with E-state index in [1.54, 1.807) is 0 Å². The maximum atomic E-state index is 5.88. The van der Waals surface area contributed by atoms with Crippen molar-refractivity contribution >= 4 is 29.3 Å². The van der Waals surface area contributed by atoms with Crippen LogP contribution in [0.3, 0.4) is 0 Å². The Morgan fingerprint density at radius 2 is 1.93 bits per heavy atom. The molecule has 14 heavy (non-hydrogen) atoms. The van der Waals surface area contributed by atoms with E-state index in [1.165, 1.54) is 10.8 Å². The minimum Gasteiger partial charge on any atom is -0.453 e. The molecule has 1 rings (SSSR count). The lowest BCUT2D eigenvalue weighted by molar-refractivity contribution is 0.608. The van der Waals surface area contributed by atoms with Gasteiger partial charge < -0.3 is 4.12 Å². The van der Waals surface area contributed by atoms with Gasteiger partial charge in [-0.1, -0.05) is 36.9 Å². The zero-order valence-corrected chi connectivity index (χ0v) is 11.0. The molecule has 0 saturated heterocycles. The zero-order chi connectivity index (χ0) is 10.6. The second-order valence-corrected chi connectivity index (χ2v) is 9.89. The van der Waals surface area contributed by atoms with Crippen molar-refractivity contribution in [1.29, 1.82) is 0 Å². The molecule has 74 valence electrons. The monoisotopic (exact) mass is 220 g/mol. The Morgan fingerprint density at radius 1 is 1.29 bits per heavy atom. The van der Waals surface area contributed by atoms with Crippen LogP contribution in [-0.4, -0.2) is 18.1 Å². The van der Waals surface area contributed by atoms with Gasteiger partial charge in [0.25, 0.3) is 9.76 Å². The number of hydrogen-bond acceptors (Lipinski definition) is 1. The highest BCUT2D eigenvalue weighted by Crippen LogP contribution is 2.02. The quantitative estimate of drug-likeness (QED) is 0.708. The van der Waals surface area contributed by atoms with Gasteiger partial charge in [-0.25, -0.2) is 0 Å². The summed E-state index contributed by atoms with van der Waals surface area (Å²) in [5.41, 5.74) is 1.18. The van der Waals surface area contributed by atoms with Crippen molar-refractivity contribution in [3.63, 3.8) is 0 Å². The fourth-order valence-electron chi connectivity index (χ4n) is 0.976. The van der Waals surface area contributed by atoms with Gasteiger partial charge in [0, 0.05) is 0 Å². The summed E-state index contributed by atoms with van der Waals surface area (Å²) in [7, 11) is -0.946. The van der Waals surface area contributed by atoms with Crippen LogP contribution in [0.1, 0.15) is 5.56 Å². The Hall–Kier alpha value is -0.646. The molecular weight excluding hydrogens is 204 g/mol. The van der Waals surface area contributed by atoms with Crippen molar-refractivity contribution in [1.82, 2.24) is 0 Å². The summed E-state index contributed by atoms with van der Waals surface area (Å²) in [6.07, 6.45) is 1.88. The Kier molecular flexibility index (Phi) is 3.86. The van der Waals surface area contributed by atoms with Gasteiger partial charge in [0.2, 0.25) is 0 Å². The third-order valence-electron chi connectivity index (χ3n) is 1.65. The third-order valence-corrected chi connectivity index (χ3v) is 5.18. The standard InChI is InChI=1S/C11H16OSi2/c1-5-10-8-6-7-9-11(10)13-12-14(2,3)4/h5-9H,1H2,2-4H3. The fourth-order valence-corrected chi connectivity index (χ4v) is 3.11. The fraction of sp³-hybridized carbons (Fsp3) is 0.273. The van der Waals surface area contributed by atoms with Gasteiger partial charge in [-0.15, -0.1) is 0 Å². The van der Waals surface area contributed by atoms with Crippen LogP contribution in [0, 0.1) is 0 Å². The Labute approximate surface area is 89.9 Å². The van der Waals surface area contributed by atoms with Crippen molar-refractivity contribution < 1.29 is 4.12 Å². The van der Waals surface area contributed by atoms with E-state index in [2.05, 4.69) is 38.4 Å². The van der Waals surface area contributed by atoms with Crippen LogP contribution in [0.2, 0.25) is 19.6 Å². The van der Waals surface area contributed by atoms with Crippen LogP contribution in [-0.2, 0) is 4.12 Å². The van der Waals surface area contributed by atoms with Crippen LogP contribution in [0.5, 0.6) is 0 Å². The Bertz CT molecular complexity index is 315. The van der Waals surface area contributed by atoms with Gasteiger partial charge >= 0.3 is 0 Å². The molecule has 3 heteroatoms. The highest BCUT2D eigenvalue weighted by atomic mass is 28.4. The SMILES string of the molecule is C=Cc1ccccc1[Si]O[Si](C)(C)C. The Balaban J connectivity index is 2.71. The van der Waals surface area contributed by atoms with E-state index in [9.17, 15) is 0 Å². The van der Waals surface area contributed by atoms with Crippen LogP contribution < -0.4 is 5.19 Å². The molecule has 0 aliphatic rings. The molecule has 0 bridgehead atoms. The average Bonchev–Trinajstić information content (AvgIpc) is 2.14. The van der Waals surface area contributed by atoms with E-state index >= 15 is 0 Å². The summed E-state index contributed by atoms with van der Waals surface area (Å²) < 4.78 is 5.88. The normalized spacial score (nSPS) is 11.4. The molecule has 0 aliphatic carbocycles. The molecule has 0 fully saturated rings. The van der Waals surface area contributed by atoms with E-state index in [0.717, 1.165) is 0 Å². The predicted molar refractivity (Wildman–Crippen MR) is 66.4 cm³/mol. The maximum Gasteiger partial charge on any atom is 0.257 e. The number of hydrogen-bond donors (Lipinski definition) is 0. The van der Waals surface area contributed by atoms with Gasteiger partial charge in [-0.05, 0) is 30.4 Å². The molecule has 0 aliphatic heterocycles. The van der Waals surface area contributed by atoms with Crippen LogP contribution in [0.15, 0.2) is 30.8 Å². The second kappa shape index (κ2) is 4.73. The minimum absolute atomic E-state index is 0.452. The first-order valence-electron chi connectivity index (χ1n) is 4.68. The molecule has 0 spiro atoms. The number of rotatable bonds is 4. The minimum atomic E-state index is -1.40. The third kappa shape index (κ3) is 3.61. The molecule has 0 unspecified atom stereocenters. The summed E-state index contributed by atoms with van der Waals surface area (Å²) in [4.78, 5) is 0. The van der Waals surface area contributed by atoms with E-state index < -0.39 is 8.32 Å². The molecular formula is C11H16OSi2. The lowest BCUT2D eigenvalue weighted by Crippen LogP contribution is -2.33. The maximum absolute atomic E-state index is 5.88. The topological polar surface area (TPSA) is 9.23 Å². The van der Waals surface area contributed by atoms with Crippen LogP contribution >= 0.6 is 0 Å². The summed E-state index contributed by atoms with van der Waals surface area (Å²) in [6, 6.07) is 8.25.